The van der Waals surface area contributed by atoms with Crippen molar-refractivity contribution in [1.82, 2.24) is 14.0 Å². The first-order valence-corrected chi connectivity index (χ1v) is 6.00. The van der Waals surface area contributed by atoms with Crippen LogP contribution in [0.1, 0.15) is 19.4 Å². The van der Waals surface area contributed by atoms with Gasteiger partial charge in [-0.05, 0) is 20.0 Å². The highest BCUT2D eigenvalue weighted by Crippen LogP contribution is 1.90. The molecule has 1 rings (SSSR count). The normalized spacial score (nSPS) is 11.1. The van der Waals surface area contributed by atoms with E-state index in [0.29, 0.717) is 12.1 Å². The third-order valence-corrected chi connectivity index (χ3v) is 3.08. The van der Waals surface area contributed by atoms with E-state index < -0.39 is 0 Å². The Labute approximate surface area is 101 Å². The van der Waals surface area contributed by atoms with Crippen LogP contribution in [0.3, 0.4) is 0 Å². The van der Waals surface area contributed by atoms with Gasteiger partial charge < -0.3 is 4.90 Å². The van der Waals surface area contributed by atoms with Gasteiger partial charge in [-0.3, -0.25) is 13.9 Å². The molecule has 0 aliphatic heterocycles. The highest BCUT2D eigenvalue weighted by atomic mass is 16.2. The molecule has 0 bridgehead atoms. The van der Waals surface area contributed by atoms with Crippen LogP contribution >= 0.6 is 0 Å². The van der Waals surface area contributed by atoms with Crippen LogP contribution in [0.25, 0.3) is 0 Å². The summed E-state index contributed by atoms with van der Waals surface area (Å²) in [6.07, 6.45) is 1.65. The first kappa shape index (κ1) is 13.7. The van der Waals surface area contributed by atoms with Crippen molar-refractivity contribution in [2.75, 3.05) is 19.6 Å². The second kappa shape index (κ2) is 5.82. The predicted molar refractivity (Wildman–Crippen MR) is 68.5 cm³/mol. The lowest BCUT2D eigenvalue weighted by Gasteiger charge is -2.18. The van der Waals surface area contributed by atoms with Crippen LogP contribution in [-0.2, 0) is 13.6 Å². The summed E-state index contributed by atoms with van der Waals surface area (Å²) in [5.74, 6) is 0. The molecule has 0 unspecified atom stereocenters. The Morgan fingerprint density at radius 3 is 2.35 bits per heavy atom. The fraction of sp³-hybridized carbons (Fsp3) is 0.667. The summed E-state index contributed by atoms with van der Waals surface area (Å²) in [5.41, 5.74) is 0.147. The van der Waals surface area contributed by atoms with Gasteiger partial charge in [-0.2, -0.15) is 0 Å². The van der Waals surface area contributed by atoms with Gasteiger partial charge in [0.25, 0.3) is 5.56 Å². The van der Waals surface area contributed by atoms with Crippen molar-refractivity contribution in [3.05, 3.63) is 32.6 Å². The molecule has 0 saturated heterocycles. The van der Waals surface area contributed by atoms with Gasteiger partial charge in [0.2, 0.25) is 0 Å². The second-order valence-corrected chi connectivity index (χ2v) is 4.18. The van der Waals surface area contributed by atoms with Gasteiger partial charge in [0, 0.05) is 31.9 Å². The van der Waals surface area contributed by atoms with E-state index in [2.05, 4.69) is 18.7 Å². The van der Waals surface area contributed by atoms with Crippen molar-refractivity contribution in [2.24, 2.45) is 7.05 Å². The number of aromatic nitrogens is 2. The van der Waals surface area contributed by atoms with E-state index in [0.717, 1.165) is 24.2 Å². The molecule has 0 radical (unpaired) electrons. The maximum absolute atomic E-state index is 11.8. The highest BCUT2D eigenvalue weighted by molar-refractivity contribution is 5.02. The standard InChI is InChI=1S/C12H21N3O2/c1-5-14(6-2)7-8-15-9-10(3)11(16)13(4)12(15)17/h9H,5-8H2,1-4H3. The lowest BCUT2D eigenvalue weighted by Crippen LogP contribution is -2.40. The Morgan fingerprint density at radius 2 is 1.82 bits per heavy atom. The SMILES string of the molecule is CCN(CC)CCn1cc(C)c(=O)n(C)c1=O. The summed E-state index contributed by atoms with van der Waals surface area (Å²) in [7, 11) is 1.52. The van der Waals surface area contributed by atoms with E-state index in [1.54, 1.807) is 17.7 Å². The number of rotatable bonds is 5. The Balaban J connectivity index is 2.93. The first-order valence-electron chi connectivity index (χ1n) is 6.00. The lowest BCUT2D eigenvalue weighted by atomic mass is 10.3. The molecule has 0 amide bonds. The molecule has 0 spiro atoms. The molecule has 0 aliphatic rings. The summed E-state index contributed by atoms with van der Waals surface area (Å²) < 4.78 is 2.77. The average molecular weight is 239 g/mol. The molecular weight excluding hydrogens is 218 g/mol. The molecule has 0 atom stereocenters. The fourth-order valence-electron chi connectivity index (χ4n) is 1.84. The van der Waals surface area contributed by atoms with E-state index in [9.17, 15) is 9.59 Å². The molecule has 0 N–H and O–H groups in total. The van der Waals surface area contributed by atoms with Crippen molar-refractivity contribution in [1.29, 1.82) is 0 Å². The zero-order chi connectivity index (χ0) is 13.0. The van der Waals surface area contributed by atoms with Gasteiger partial charge in [0.05, 0.1) is 0 Å². The van der Waals surface area contributed by atoms with Crippen LogP contribution in [0, 0.1) is 6.92 Å². The number of nitrogens with zero attached hydrogens (tertiary/aromatic N) is 3. The molecule has 1 aromatic heterocycles. The summed E-state index contributed by atoms with van der Waals surface area (Å²) in [6, 6.07) is 0. The fourth-order valence-corrected chi connectivity index (χ4v) is 1.84. The second-order valence-electron chi connectivity index (χ2n) is 4.18. The van der Waals surface area contributed by atoms with E-state index >= 15 is 0 Å². The maximum Gasteiger partial charge on any atom is 0.330 e. The molecule has 5 heteroatoms. The zero-order valence-electron chi connectivity index (χ0n) is 11.1. The largest absolute Gasteiger partial charge is 0.330 e. The van der Waals surface area contributed by atoms with Gasteiger partial charge in [0.1, 0.15) is 0 Å². The summed E-state index contributed by atoms with van der Waals surface area (Å²) in [4.78, 5) is 25.6. The first-order chi connectivity index (χ1) is 8.01. The Bertz CT molecular complexity index is 484. The number of hydrogen-bond donors (Lipinski definition) is 0. The van der Waals surface area contributed by atoms with Crippen LogP contribution in [-0.4, -0.2) is 33.7 Å². The van der Waals surface area contributed by atoms with E-state index in [-0.39, 0.29) is 11.2 Å². The molecule has 96 valence electrons. The zero-order valence-corrected chi connectivity index (χ0v) is 11.1. The van der Waals surface area contributed by atoms with E-state index in [1.807, 2.05) is 0 Å². The molecular formula is C12H21N3O2. The molecule has 0 aliphatic carbocycles. The third-order valence-electron chi connectivity index (χ3n) is 3.08. The van der Waals surface area contributed by atoms with Crippen molar-refractivity contribution < 1.29 is 0 Å². The Morgan fingerprint density at radius 1 is 1.24 bits per heavy atom. The van der Waals surface area contributed by atoms with Crippen LogP contribution in [0.15, 0.2) is 15.8 Å². The van der Waals surface area contributed by atoms with Crippen molar-refractivity contribution in [2.45, 2.75) is 27.3 Å². The van der Waals surface area contributed by atoms with Crippen molar-refractivity contribution in [3.8, 4) is 0 Å². The predicted octanol–water partition coefficient (Wildman–Crippen LogP) is 0.197. The Hall–Kier alpha value is -1.36. The summed E-state index contributed by atoms with van der Waals surface area (Å²) in [6.45, 7) is 9.30. The summed E-state index contributed by atoms with van der Waals surface area (Å²) >= 11 is 0. The molecule has 0 aromatic carbocycles. The highest BCUT2D eigenvalue weighted by Gasteiger charge is 2.06. The molecule has 0 saturated carbocycles. The monoisotopic (exact) mass is 239 g/mol. The molecule has 1 aromatic rings. The minimum absolute atomic E-state index is 0.214. The Kier molecular flexibility index (Phi) is 4.69. The van der Waals surface area contributed by atoms with E-state index in [4.69, 9.17) is 0 Å². The van der Waals surface area contributed by atoms with Crippen LogP contribution in [0.2, 0.25) is 0 Å². The number of aryl methyl sites for hydroxylation is 1. The van der Waals surface area contributed by atoms with Crippen LogP contribution in [0.5, 0.6) is 0 Å². The maximum atomic E-state index is 11.8. The molecule has 0 fully saturated rings. The van der Waals surface area contributed by atoms with Crippen LogP contribution in [0.4, 0.5) is 0 Å². The third kappa shape index (κ3) is 3.06. The van der Waals surface area contributed by atoms with E-state index in [1.165, 1.54) is 7.05 Å². The minimum atomic E-state index is -0.243. The summed E-state index contributed by atoms with van der Waals surface area (Å²) in [5, 5.41) is 0. The van der Waals surface area contributed by atoms with Gasteiger partial charge in [-0.15, -0.1) is 0 Å². The molecule has 1 heterocycles. The number of hydrogen-bond acceptors (Lipinski definition) is 3. The molecule has 5 nitrogen and oxygen atoms in total. The van der Waals surface area contributed by atoms with Gasteiger partial charge >= 0.3 is 5.69 Å². The quantitative estimate of drug-likeness (QED) is 0.737. The van der Waals surface area contributed by atoms with Crippen molar-refractivity contribution >= 4 is 0 Å². The smallest absolute Gasteiger partial charge is 0.302 e. The van der Waals surface area contributed by atoms with Gasteiger partial charge in [-0.1, -0.05) is 13.8 Å². The molecule has 17 heavy (non-hydrogen) atoms. The van der Waals surface area contributed by atoms with Crippen LogP contribution < -0.4 is 11.2 Å². The average Bonchev–Trinajstić information content (AvgIpc) is 2.33. The minimum Gasteiger partial charge on any atom is -0.302 e. The topological polar surface area (TPSA) is 47.2 Å². The number of likely N-dealkylation sites (N-methyl/N-ethyl adjacent to an activating group) is 1. The van der Waals surface area contributed by atoms with Crippen molar-refractivity contribution in [3.63, 3.8) is 0 Å². The van der Waals surface area contributed by atoms with Gasteiger partial charge in [-0.25, -0.2) is 4.79 Å². The van der Waals surface area contributed by atoms with Gasteiger partial charge in [0.15, 0.2) is 0 Å². The lowest BCUT2D eigenvalue weighted by molar-refractivity contribution is 0.287.